The summed E-state index contributed by atoms with van der Waals surface area (Å²) in [4.78, 5) is 0. The van der Waals surface area contributed by atoms with E-state index in [1.807, 2.05) is 0 Å². The van der Waals surface area contributed by atoms with Crippen molar-refractivity contribution in [2.75, 3.05) is 11.9 Å². The largest absolute Gasteiger partial charge is 0.409 e. The van der Waals surface area contributed by atoms with Gasteiger partial charge in [0.25, 0.3) is 0 Å². The van der Waals surface area contributed by atoms with Crippen LogP contribution in [0.2, 0.25) is 18.1 Å². The molecular weight excluding hydrogens is 304 g/mol. The molecule has 3 N–H and O–H groups in total. The van der Waals surface area contributed by atoms with Crippen LogP contribution in [0.1, 0.15) is 44.4 Å². The monoisotopic (exact) mass is 334 g/mol. The second kappa shape index (κ2) is 5.88. The number of anilines is 1. The van der Waals surface area contributed by atoms with Crippen molar-refractivity contribution < 1.29 is 9.16 Å². The first-order valence-corrected chi connectivity index (χ1v) is 11.5. The van der Waals surface area contributed by atoms with E-state index in [0.717, 1.165) is 12.0 Å². The van der Waals surface area contributed by atoms with Crippen molar-refractivity contribution in [3.8, 4) is 0 Å². The molecule has 4 nitrogen and oxygen atoms in total. The van der Waals surface area contributed by atoms with Gasteiger partial charge in [0.05, 0.1) is 24.9 Å². The smallest absolute Gasteiger partial charge is 0.192 e. The summed E-state index contributed by atoms with van der Waals surface area (Å²) in [5.41, 5.74) is 9.34. The van der Waals surface area contributed by atoms with E-state index in [-0.39, 0.29) is 17.2 Å². The van der Waals surface area contributed by atoms with Crippen LogP contribution in [-0.2, 0) is 15.7 Å². The fourth-order valence-corrected chi connectivity index (χ4v) is 4.50. The maximum absolute atomic E-state index is 6.62. The van der Waals surface area contributed by atoms with Crippen LogP contribution >= 0.6 is 0 Å². The topological polar surface area (TPSA) is 56.5 Å². The first-order valence-electron chi connectivity index (χ1n) is 8.60. The van der Waals surface area contributed by atoms with Gasteiger partial charge in [-0.05, 0) is 35.8 Å². The Morgan fingerprint density at radius 3 is 2.74 bits per heavy atom. The zero-order valence-electron chi connectivity index (χ0n) is 15.0. The van der Waals surface area contributed by atoms with Gasteiger partial charge in [0.1, 0.15) is 0 Å². The van der Waals surface area contributed by atoms with Crippen molar-refractivity contribution in [3.63, 3.8) is 0 Å². The molecule has 128 valence electrons. The van der Waals surface area contributed by atoms with Gasteiger partial charge >= 0.3 is 0 Å². The molecule has 0 aromatic heterocycles. The van der Waals surface area contributed by atoms with Crippen LogP contribution in [-0.4, -0.2) is 27.1 Å². The lowest BCUT2D eigenvalue weighted by Gasteiger charge is -2.47. The Balaban J connectivity index is 1.79. The number of benzene rings is 1. The van der Waals surface area contributed by atoms with E-state index >= 15 is 0 Å². The zero-order chi connectivity index (χ0) is 16.8. The predicted octanol–water partition coefficient (Wildman–Crippen LogP) is 3.79. The summed E-state index contributed by atoms with van der Waals surface area (Å²) in [5.74, 6) is 0. The highest BCUT2D eigenvalue weighted by Crippen LogP contribution is 2.43. The Kier molecular flexibility index (Phi) is 4.34. The number of fused-ring (bicyclic) bond motifs is 4. The minimum atomic E-state index is -1.79. The Bertz CT molecular complexity index is 583. The molecule has 2 aliphatic rings. The minimum Gasteiger partial charge on any atom is -0.409 e. The first-order chi connectivity index (χ1) is 10.7. The summed E-state index contributed by atoms with van der Waals surface area (Å²) in [7, 11) is -1.79. The van der Waals surface area contributed by atoms with Crippen LogP contribution in [0.15, 0.2) is 18.2 Å². The van der Waals surface area contributed by atoms with Gasteiger partial charge in [0, 0.05) is 24.2 Å². The Hall–Kier alpha value is -0.883. The second-order valence-corrected chi connectivity index (χ2v) is 13.1. The van der Waals surface area contributed by atoms with E-state index in [1.165, 1.54) is 11.3 Å². The number of hydrogen-bond acceptors (Lipinski definition) is 4. The maximum Gasteiger partial charge on any atom is 0.192 e. The normalized spacial score (nSPS) is 27.3. The number of hydrogen-bond donors (Lipinski definition) is 2. The molecule has 3 atom stereocenters. The molecule has 0 amide bonds. The number of ether oxygens (including phenoxy) is 1. The summed E-state index contributed by atoms with van der Waals surface area (Å²) in [5, 5.41) is 3.89. The highest BCUT2D eigenvalue weighted by molar-refractivity contribution is 6.74. The van der Waals surface area contributed by atoms with Crippen LogP contribution in [0.5, 0.6) is 0 Å². The lowest BCUT2D eigenvalue weighted by molar-refractivity contribution is -0.0620. The average Bonchev–Trinajstić information content (AvgIpc) is 2.48. The van der Waals surface area contributed by atoms with Crippen molar-refractivity contribution in [1.82, 2.24) is 0 Å². The molecule has 5 heteroatoms. The highest BCUT2D eigenvalue weighted by atomic mass is 28.4. The highest BCUT2D eigenvalue weighted by Gasteiger charge is 2.44. The van der Waals surface area contributed by atoms with Crippen LogP contribution in [0, 0.1) is 0 Å². The van der Waals surface area contributed by atoms with Gasteiger partial charge in [-0.15, -0.1) is 0 Å². The standard InChI is InChI=1S/C18H30N2O2Si/c1-18(2,3)23(4,5)22-17-11-21-16-9-15(17)20-14-7-6-12(10-19)8-13(14)16/h6-8,15-17,20H,9-11,19H2,1-5H3/t15?,16-,17-/m1/s1. The lowest BCUT2D eigenvalue weighted by atomic mass is 9.89. The molecule has 0 radical (unpaired) electrons. The molecule has 1 aromatic carbocycles. The van der Waals surface area contributed by atoms with Crippen LogP contribution < -0.4 is 11.1 Å². The van der Waals surface area contributed by atoms with Gasteiger partial charge in [-0.25, -0.2) is 0 Å². The van der Waals surface area contributed by atoms with Gasteiger partial charge in [0.2, 0.25) is 0 Å². The molecule has 1 unspecified atom stereocenters. The lowest BCUT2D eigenvalue weighted by Crippen LogP contribution is -2.54. The molecule has 1 fully saturated rings. The van der Waals surface area contributed by atoms with E-state index in [0.29, 0.717) is 19.2 Å². The van der Waals surface area contributed by atoms with E-state index in [9.17, 15) is 0 Å². The third-order valence-electron chi connectivity index (χ3n) is 5.67. The summed E-state index contributed by atoms with van der Waals surface area (Å²) in [6, 6.07) is 6.74. The van der Waals surface area contributed by atoms with Crippen molar-refractivity contribution in [2.45, 2.75) is 70.1 Å². The Morgan fingerprint density at radius 1 is 1.35 bits per heavy atom. The number of nitrogens with two attached hydrogens (primary N) is 1. The molecule has 2 aliphatic heterocycles. The first kappa shape index (κ1) is 17.0. The quantitative estimate of drug-likeness (QED) is 0.826. The minimum absolute atomic E-state index is 0.134. The fourth-order valence-electron chi connectivity index (χ4n) is 3.15. The van der Waals surface area contributed by atoms with Crippen LogP contribution in [0.25, 0.3) is 0 Å². The van der Waals surface area contributed by atoms with Gasteiger partial charge < -0.3 is 20.2 Å². The summed E-state index contributed by atoms with van der Waals surface area (Å²) < 4.78 is 12.8. The maximum atomic E-state index is 6.62. The molecule has 1 saturated heterocycles. The third kappa shape index (κ3) is 3.20. The van der Waals surface area contributed by atoms with Gasteiger partial charge in [-0.3, -0.25) is 0 Å². The SMILES string of the molecule is CC(C)(C)[Si](C)(C)O[C@@H]1CO[C@@H]2CC1Nc1ccc(CN)cc12. The molecule has 3 rings (SSSR count). The molecule has 0 spiro atoms. The molecule has 2 bridgehead atoms. The van der Waals surface area contributed by atoms with Crippen molar-refractivity contribution in [2.24, 2.45) is 5.73 Å². The Morgan fingerprint density at radius 2 is 2.09 bits per heavy atom. The second-order valence-electron chi connectivity index (χ2n) is 8.35. The Labute approximate surface area is 140 Å². The molecule has 0 aliphatic carbocycles. The van der Waals surface area contributed by atoms with Crippen LogP contribution in [0.4, 0.5) is 5.69 Å². The molecular formula is C18H30N2O2Si. The summed E-state index contributed by atoms with van der Waals surface area (Å²) >= 11 is 0. The van der Waals surface area contributed by atoms with Crippen molar-refractivity contribution >= 4 is 14.0 Å². The fraction of sp³-hybridized carbons (Fsp3) is 0.667. The zero-order valence-corrected chi connectivity index (χ0v) is 16.0. The van der Waals surface area contributed by atoms with E-state index < -0.39 is 8.32 Å². The van der Waals surface area contributed by atoms with E-state index in [1.54, 1.807) is 0 Å². The summed E-state index contributed by atoms with van der Waals surface area (Å²) in [6.45, 7) is 12.7. The molecule has 0 saturated carbocycles. The predicted molar refractivity (Wildman–Crippen MR) is 97.1 cm³/mol. The molecule has 1 aromatic rings. The van der Waals surface area contributed by atoms with E-state index in [4.69, 9.17) is 14.9 Å². The van der Waals surface area contributed by atoms with Crippen molar-refractivity contribution in [3.05, 3.63) is 29.3 Å². The van der Waals surface area contributed by atoms with Crippen molar-refractivity contribution in [1.29, 1.82) is 0 Å². The van der Waals surface area contributed by atoms with Gasteiger partial charge in [0.15, 0.2) is 8.32 Å². The number of nitrogens with one attached hydrogen (secondary N) is 1. The average molecular weight is 335 g/mol. The van der Waals surface area contributed by atoms with E-state index in [2.05, 4.69) is 57.4 Å². The molecule has 23 heavy (non-hydrogen) atoms. The summed E-state index contributed by atoms with van der Waals surface area (Å²) in [6.07, 6.45) is 1.27. The van der Waals surface area contributed by atoms with Gasteiger partial charge in [-0.1, -0.05) is 26.8 Å². The number of rotatable bonds is 3. The van der Waals surface area contributed by atoms with Crippen LogP contribution in [0.3, 0.4) is 0 Å². The third-order valence-corrected chi connectivity index (χ3v) is 10.2. The van der Waals surface area contributed by atoms with Gasteiger partial charge in [-0.2, -0.15) is 0 Å². The molecule has 2 heterocycles.